The van der Waals surface area contributed by atoms with Crippen molar-refractivity contribution in [1.29, 1.82) is 0 Å². The van der Waals surface area contributed by atoms with Crippen molar-refractivity contribution in [3.63, 3.8) is 0 Å². The lowest BCUT2D eigenvalue weighted by Gasteiger charge is -2.21. The Morgan fingerprint density at radius 3 is 1.61 bits per heavy atom. The molecule has 0 atom stereocenters. The van der Waals surface area contributed by atoms with Gasteiger partial charge in [-0.2, -0.15) is 0 Å². The summed E-state index contributed by atoms with van der Waals surface area (Å²) in [6, 6.07) is 64.3. The van der Waals surface area contributed by atoms with Crippen molar-refractivity contribution >= 4 is 50.1 Å². The monoisotopic (exact) mass is 795 g/mol. The van der Waals surface area contributed by atoms with Crippen molar-refractivity contribution in [2.45, 2.75) is 25.7 Å². The van der Waals surface area contributed by atoms with E-state index in [9.17, 15) is 0 Å². The van der Waals surface area contributed by atoms with Crippen LogP contribution in [0.5, 0.6) is 0 Å². The molecule has 0 spiro atoms. The second-order valence-electron chi connectivity index (χ2n) is 16.2. The van der Waals surface area contributed by atoms with Gasteiger partial charge in [0.15, 0.2) is 17.5 Å². The minimum Gasteiger partial charge on any atom is -0.313 e. The van der Waals surface area contributed by atoms with Gasteiger partial charge in [-0.3, -0.25) is 0 Å². The summed E-state index contributed by atoms with van der Waals surface area (Å²) in [5.74, 6) is 1.95. The van der Waals surface area contributed by atoms with Crippen molar-refractivity contribution in [1.82, 2.24) is 24.1 Å². The van der Waals surface area contributed by atoms with Crippen LogP contribution in [0.2, 0.25) is 0 Å². The molecule has 5 nitrogen and oxygen atoms in total. The van der Waals surface area contributed by atoms with Crippen molar-refractivity contribution in [3.8, 4) is 51.0 Å². The van der Waals surface area contributed by atoms with Crippen LogP contribution in [-0.2, 0) is 0 Å². The zero-order chi connectivity index (χ0) is 41.0. The standard InChI is InChI=1S/C57H41N5/c1-4-17-39(18-5-1)55-58-56(40-19-6-2-7-20-40)60-57(59-55)42-22-14-21-41(37-42)46-28-16-30-50-49-29-15-27-45(53(49)62(54(46)50)43-23-8-3-9-24-43)38-33-35-44(36-34-38)61-51-31-12-10-25-47(51)48-26-11-13-32-52(48)61/h1-14,16-26,28-33,35,37H,15,27,34,36H2. The fourth-order valence-corrected chi connectivity index (χ4v) is 9.79. The zero-order valence-electron chi connectivity index (χ0n) is 34.1. The van der Waals surface area contributed by atoms with E-state index < -0.39 is 0 Å². The molecule has 62 heavy (non-hydrogen) atoms. The largest absolute Gasteiger partial charge is 0.313 e. The van der Waals surface area contributed by atoms with E-state index in [1.165, 1.54) is 65.7 Å². The first-order chi connectivity index (χ1) is 30.8. The van der Waals surface area contributed by atoms with Gasteiger partial charge >= 0.3 is 0 Å². The Labute approximate surface area is 359 Å². The Kier molecular flexibility index (Phi) is 8.70. The molecule has 12 rings (SSSR count). The van der Waals surface area contributed by atoms with E-state index in [2.05, 4.69) is 173 Å². The molecule has 0 amide bonds. The first kappa shape index (κ1) is 36.0. The molecule has 0 radical (unpaired) electrons. The maximum Gasteiger partial charge on any atom is 0.164 e. The molecule has 10 aromatic rings. The third-order valence-corrected chi connectivity index (χ3v) is 12.6. The molecule has 0 saturated heterocycles. The molecule has 3 heterocycles. The van der Waals surface area contributed by atoms with Crippen LogP contribution in [-0.4, -0.2) is 24.1 Å². The van der Waals surface area contributed by atoms with Gasteiger partial charge in [-0.15, -0.1) is 0 Å². The van der Waals surface area contributed by atoms with Gasteiger partial charge in [0.1, 0.15) is 0 Å². The average molecular weight is 796 g/mol. The van der Waals surface area contributed by atoms with Crippen LogP contribution in [0.25, 0.3) is 101 Å². The van der Waals surface area contributed by atoms with Gasteiger partial charge in [0.2, 0.25) is 0 Å². The Morgan fingerprint density at radius 1 is 0.419 bits per heavy atom. The van der Waals surface area contributed by atoms with Crippen LogP contribution in [0, 0.1) is 0 Å². The van der Waals surface area contributed by atoms with Gasteiger partial charge in [-0.25, -0.2) is 15.0 Å². The molecule has 294 valence electrons. The Balaban J connectivity index is 1.04. The summed E-state index contributed by atoms with van der Waals surface area (Å²) < 4.78 is 5.01. The fraction of sp³-hybridized carbons (Fsp3) is 0.0702. The number of allylic oxidation sites excluding steroid dienone is 4. The first-order valence-electron chi connectivity index (χ1n) is 21.6. The summed E-state index contributed by atoms with van der Waals surface area (Å²) in [6.07, 6.45) is 11.2. The molecule has 0 fully saturated rings. The number of para-hydroxylation sites is 4. The molecule has 2 aliphatic rings. The molecule has 0 saturated carbocycles. The number of hydrogen-bond acceptors (Lipinski definition) is 3. The van der Waals surface area contributed by atoms with E-state index in [0.717, 1.165) is 53.6 Å². The lowest BCUT2D eigenvalue weighted by atomic mass is 9.90. The summed E-state index contributed by atoms with van der Waals surface area (Å²) >= 11 is 0. The fourth-order valence-electron chi connectivity index (χ4n) is 9.79. The summed E-state index contributed by atoms with van der Waals surface area (Å²) in [7, 11) is 0. The number of nitrogens with zero attached hydrogens (tertiary/aromatic N) is 5. The summed E-state index contributed by atoms with van der Waals surface area (Å²) in [5.41, 5.74) is 14.2. The predicted molar refractivity (Wildman–Crippen MR) is 256 cm³/mol. The summed E-state index contributed by atoms with van der Waals surface area (Å²) in [6.45, 7) is 0. The van der Waals surface area contributed by atoms with Crippen molar-refractivity contribution in [2.75, 3.05) is 0 Å². The lowest BCUT2D eigenvalue weighted by molar-refractivity contribution is 0.918. The third-order valence-electron chi connectivity index (χ3n) is 12.6. The average Bonchev–Trinajstić information content (AvgIpc) is 3.88. The quantitative estimate of drug-likeness (QED) is 0.161. The second-order valence-corrected chi connectivity index (χ2v) is 16.2. The highest BCUT2D eigenvalue weighted by Gasteiger charge is 2.23. The van der Waals surface area contributed by atoms with E-state index in [0.29, 0.717) is 17.5 Å². The van der Waals surface area contributed by atoms with Gasteiger partial charge < -0.3 is 9.13 Å². The maximum atomic E-state index is 5.08. The molecule has 0 bridgehead atoms. The second kappa shape index (κ2) is 15.0. The van der Waals surface area contributed by atoms with Gasteiger partial charge in [0, 0.05) is 55.0 Å². The number of rotatable bonds is 7. The number of benzene rings is 7. The summed E-state index contributed by atoms with van der Waals surface area (Å²) in [4.78, 5) is 15.1. The molecule has 3 aromatic heterocycles. The van der Waals surface area contributed by atoms with Gasteiger partial charge in [0.05, 0.1) is 21.9 Å². The first-order valence-corrected chi connectivity index (χ1v) is 21.6. The number of aromatic nitrogens is 5. The van der Waals surface area contributed by atoms with Crippen LogP contribution >= 0.6 is 0 Å². The van der Waals surface area contributed by atoms with Crippen LogP contribution in [0.4, 0.5) is 0 Å². The van der Waals surface area contributed by atoms with Gasteiger partial charge in [0.25, 0.3) is 0 Å². The van der Waals surface area contributed by atoms with Crippen molar-refractivity contribution < 1.29 is 0 Å². The lowest BCUT2D eigenvalue weighted by Crippen LogP contribution is -2.34. The molecule has 0 unspecified atom stereocenters. The Bertz CT molecular complexity index is 3450. The number of fused-ring (bicyclic) bond motifs is 6. The highest BCUT2D eigenvalue weighted by atomic mass is 15.0. The highest BCUT2D eigenvalue weighted by molar-refractivity contribution is 6.10. The highest BCUT2D eigenvalue weighted by Crippen LogP contribution is 2.38. The minimum absolute atomic E-state index is 0.644. The van der Waals surface area contributed by atoms with Crippen molar-refractivity contribution in [3.05, 3.63) is 210 Å². The molecule has 7 aromatic carbocycles. The molecule has 2 aliphatic carbocycles. The van der Waals surface area contributed by atoms with E-state index >= 15 is 0 Å². The molecular weight excluding hydrogens is 755 g/mol. The third kappa shape index (κ3) is 6.04. The summed E-state index contributed by atoms with van der Waals surface area (Å²) in [5, 5.41) is 6.49. The molecule has 0 aliphatic heterocycles. The Hall–Kier alpha value is -7.89. The van der Waals surface area contributed by atoms with Gasteiger partial charge in [-0.1, -0.05) is 164 Å². The zero-order valence-corrected chi connectivity index (χ0v) is 34.1. The van der Waals surface area contributed by atoms with E-state index in [1.807, 2.05) is 36.4 Å². The molecular formula is C57H41N5. The number of hydrogen-bond donors (Lipinski definition) is 0. The topological polar surface area (TPSA) is 48.5 Å². The molecule has 5 heteroatoms. The maximum absolute atomic E-state index is 5.08. The van der Waals surface area contributed by atoms with Crippen LogP contribution in [0.15, 0.2) is 200 Å². The van der Waals surface area contributed by atoms with E-state index in [4.69, 9.17) is 15.0 Å². The van der Waals surface area contributed by atoms with E-state index in [-0.39, 0.29) is 0 Å². The van der Waals surface area contributed by atoms with E-state index in [1.54, 1.807) is 0 Å². The normalized spacial score (nSPS) is 13.8. The van der Waals surface area contributed by atoms with Gasteiger partial charge in [-0.05, 0) is 78.8 Å². The van der Waals surface area contributed by atoms with Crippen LogP contribution < -0.4 is 10.6 Å². The SMILES string of the molecule is C1=C(C2=c3c(c4cccc(-c5cccc(-c6nc(-c7ccccc7)nc(-c7ccccc7)n6)c5)c4n3-c3ccccc3)=CCC2)CCC(n2c3ccccc3c3ccccc32)=C1. The molecule has 0 N–H and O–H groups in total. The minimum atomic E-state index is 0.644. The smallest absolute Gasteiger partial charge is 0.164 e. The van der Waals surface area contributed by atoms with Crippen LogP contribution in [0.1, 0.15) is 25.7 Å². The van der Waals surface area contributed by atoms with Crippen LogP contribution in [0.3, 0.4) is 0 Å². The Morgan fingerprint density at radius 2 is 0.968 bits per heavy atom. The predicted octanol–water partition coefficient (Wildman–Crippen LogP) is 12.6. The van der Waals surface area contributed by atoms with Crippen molar-refractivity contribution in [2.24, 2.45) is 0 Å².